The minimum Gasteiger partial charge on any atom is -0.490 e. The number of benzene rings is 2. The van der Waals surface area contributed by atoms with Crippen LogP contribution in [-0.2, 0) is 11.3 Å². The summed E-state index contributed by atoms with van der Waals surface area (Å²) >= 11 is 5.92. The van der Waals surface area contributed by atoms with Gasteiger partial charge in [0.2, 0.25) is 5.91 Å². The van der Waals surface area contributed by atoms with Crippen LogP contribution < -0.4 is 10.1 Å². The van der Waals surface area contributed by atoms with Crippen LogP contribution in [0.15, 0.2) is 54.7 Å². The zero-order valence-electron chi connectivity index (χ0n) is 17.5. The summed E-state index contributed by atoms with van der Waals surface area (Å²) in [5, 5.41) is 4.52. The van der Waals surface area contributed by atoms with E-state index in [2.05, 4.69) is 9.88 Å². The molecule has 0 unspecified atom stereocenters. The van der Waals surface area contributed by atoms with Gasteiger partial charge in [0.15, 0.2) is 0 Å². The highest BCUT2D eigenvalue weighted by Gasteiger charge is 2.25. The van der Waals surface area contributed by atoms with Crippen molar-refractivity contribution >= 4 is 34.3 Å². The van der Waals surface area contributed by atoms with Gasteiger partial charge in [0, 0.05) is 73.6 Å². The lowest BCUT2D eigenvalue weighted by Crippen LogP contribution is -2.41. The number of nitrogens with zero attached hydrogens (tertiary/aromatic N) is 2. The van der Waals surface area contributed by atoms with Crippen molar-refractivity contribution in [2.45, 2.75) is 32.4 Å². The molecule has 6 nitrogen and oxygen atoms in total. The molecule has 3 aromatic rings. The van der Waals surface area contributed by atoms with Crippen molar-refractivity contribution in [1.82, 2.24) is 14.8 Å². The van der Waals surface area contributed by atoms with E-state index in [1.165, 1.54) is 6.92 Å². The molecule has 0 spiro atoms. The molecule has 2 amide bonds. The summed E-state index contributed by atoms with van der Waals surface area (Å²) in [6.45, 7) is 4.13. The van der Waals surface area contributed by atoms with Gasteiger partial charge < -0.3 is 19.5 Å². The number of hydrogen-bond acceptors (Lipinski definition) is 3. The Morgan fingerprint density at radius 1 is 1.10 bits per heavy atom. The SMILES string of the molecule is CC(=O)NCCn1ccc2cc(C(=O)N3CCC(Oc4ccc(Cl)cc4)CC3)ccc21. The maximum absolute atomic E-state index is 13.0. The Hall–Kier alpha value is -2.99. The minimum atomic E-state index is -0.0355. The van der Waals surface area contributed by atoms with Crippen LogP contribution in [0.2, 0.25) is 5.02 Å². The molecule has 1 aromatic heterocycles. The summed E-state index contributed by atoms with van der Waals surface area (Å²) in [6, 6.07) is 15.2. The number of likely N-dealkylation sites (tertiary alicyclic amines) is 1. The van der Waals surface area contributed by atoms with Crippen LogP contribution in [-0.4, -0.2) is 47.0 Å². The fourth-order valence-corrected chi connectivity index (χ4v) is 4.07. The fraction of sp³-hybridized carbons (Fsp3) is 0.333. The maximum Gasteiger partial charge on any atom is 0.253 e. The molecule has 4 rings (SSSR count). The third kappa shape index (κ3) is 5.20. The van der Waals surface area contributed by atoms with E-state index in [0.29, 0.717) is 36.8 Å². The first-order chi connectivity index (χ1) is 15.0. The van der Waals surface area contributed by atoms with Gasteiger partial charge in [-0.05, 0) is 48.5 Å². The Kier molecular flexibility index (Phi) is 6.47. The molecule has 31 heavy (non-hydrogen) atoms. The zero-order chi connectivity index (χ0) is 21.8. The van der Waals surface area contributed by atoms with Crippen LogP contribution in [0, 0.1) is 0 Å². The molecule has 0 saturated carbocycles. The third-order valence-electron chi connectivity index (χ3n) is 5.59. The molecule has 2 aromatic carbocycles. The number of aromatic nitrogens is 1. The molecule has 0 atom stereocenters. The van der Waals surface area contributed by atoms with E-state index in [4.69, 9.17) is 16.3 Å². The highest BCUT2D eigenvalue weighted by molar-refractivity contribution is 6.30. The highest BCUT2D eigenvalue weighted by atomic mass is 35.5. The lowest BCUT2D eigenvalue weighted by atomic mass is 10.1. The monoisotopic (exact) mass is 439 g/mol. The largest absolute Gasteiger partial charge is 0.490 e. The molecule has 1 saturated heterocycles. The number of fused-ring (bicyclic) bond motifs is 1. The Labute approximate surface area is 186 Å². The Morgan fingerprint density at radius 2 is 1.84 bits per heavy atom. The van der Waals surface area contributed by atoms with Gasteiger partial charge >= 0.3 is 0 Å². The molecular weight excluding hydrogens is 414 g/mol. The van der Waals surface area contributed by atoms with Crippen LogP contribution >= 0.6 is 11.6 Å². The first-order valence-electron chi connectivity index (χ1n) is 10.5. The van der Waals surface area contributed by atoms with Crippen molar-refractivity contribution in [2.24, 2.45) is 0 Å². The fourth-order valence-electron chi connectivity index (χ4n) is 3.95. The minimum absolute atomic E-state index is 0.0355. The van der Waals surface area contributed by atoms with Gasteiger partial charge in [0.25, 0.3) is 5.91 Å². The number of carbonyl (C=O) groups excluding carboxylic acids is 2. The topological polar surface area (TPSA) is 63.6 Å². The van der Waals surface area contributed by atoms with Crippen LogP contribution in [0.5, 0.6) is 5.75 Å². The number of halogens is 1. The van der Waals surface area contributed by atoms with Crippen LogP contribution in [0.3, 0.4) is 0 Å². The molecule has 1 fully saturated rings. The second-order valence-electron chi connectivity index (χ2n) is 7.83. The maximum atomic E-state index is 13.0. The summed E-state index contributed by atoms with van der Waals surface area (Å²) in [4.78, 5) is 26.0. The van der Waals surface area contributed by atoms with Crippen molar-refractivity contribution in [3.05, 3.63) is 65.3 Å². The van der Waals surface area contributed by atoms with Crippen molar-refractivity contribution in [1.29, 1.82) is 0 Å². The molecule has 1 N–H and O–H groups in total. The average molecular weight is 440 g/mol. The molecule has 7 heteroatoms. The summed E-state index contributed by atoms with van der Waals surface area (Å²) in [5.41, 5.74) is 1.75. The molecule has 1 aliphatic heterocycles. The standard InChI is InChI=1S/C24H26ClN3O3/c1-17(29)26-11-15-27-12-8-18-16-19(2-7-23(18)27)24(30)28-13-9-22(10-14-28)31-21-5-3-20(25)4-6-21/h2-8,12,16,22H,9-11,13-15H2,1H3,(H,26,29). The number of nitrogens with one attached hydrogen (secondary N) is 1. The molecule has 162 valence electrons. The van der Waals surface area contributed by atoms with E-state index in [0.717, 1.165) is 29.5 Å². The lowest BCUT2D eigenvalue weighted by Gasteiger charge is -2.32. The van der Waals surface area contributed by atoms with E-state index in [9.17, 15) is 9.59 Å². The molecule has 0 aliphatic carbocycles. The van der Waals surface area contributed by atoms with E-state index < -0.39 is 0 Å². The summed E-state index contributed by atoms with van der Waals surface area (Å²) in [5.74, 6) is 0.826. The Morgan fingerprint density at radius 3 is 2.55 bits per heavy atom. The first kappa shape index (κ1) is 21.2. The third-order valence-corrected chi connectivity index (χ3v) is 5.84. The predicted octanol–water partition coefficient (Wildman–Crippen LogP) is 4.11. The smallest absolute Gasteiger partial charge is 0.253 e. The zero-order valence-corrected chi connectivity index (χ0v) is 18.3. The Bertz CT molecular complexity index is 1070. The van der Waals surface area contributed by atoms with E-state index in [1.54, 1.807) is 0 Å². The summed E-state index contributed by atoms with van der Waals surface area (Å²) < 4.78 is 8.11. The Balaban J connectivity index is 1.35. The van der Waals surface area contributed by atoms with Crippen LogP contribution in [0.4, 0.5) is 0 Å². The van der Waals surface area contributed by atoms with Gasteiger partial charge in [0.05, 0.1) is 0 Å². The molecule has 0 bridgehead atoms. The summed E-state index contributed by atoms with van der Waals surface area (Å²) in [7, 11) is 0. The van der Waals surface area contributed by atoms with Gasteiger partial charge in [-0.2, -0.15) is 0 Å². The van der Waals surface area contributed by atoms with E-state index in [1.807, 2.05) is 59.6 Å². The lowest BCUT2D eigenvalue weighted by molar-refractivity contribution is -0.118. The van der Waals surface area contributed by atoms with E-state index in [-0.39, 0.29) is 17.9 Å². The number of piperidine rings is 1. The normalized spacial score (nSPS) is 14.6. The van der Waals surface area contributed by atoms with Crippen LogP contribution in [0.1, 0.15) is 30.1 Å². The molecule has 0 radical (unpaired) electrons. The van der Waals surface area contributed by atoms with E-state index >= 15 is 0 Å². The van der Waals surface area contributed by atoms with Crippen molar-refractivity contribution in [2.75, 3.05) is 19.6 Å². The second-order valence-corrected chi connectivity index (χ2v) is 8.27. The van der Waals surface area contributed by atoms with Crippen LogP contribution in [0.25, 0.3) is 10.9 Å². The molecule has 1 aliphatic rings. The van der Waals surface area contributed by atoms with Gasteiger partial charge in [-0.3, -0.25) is 9.59 Å². The second kappa shape index (κ2) is 9.43. The van der Waals surface area contributed by atoms with Crippen molar-refractivity contribution in [3.8, 4) is 5.75 Å². The number of carbonyl (C=O) groups is 2. The van der Waals surface area contributed by atoms with Crippen molar-refractivity contribution in [3.63, 3.8) is 0 Å². The number of amides is 2. The number of hydrogen-bond donors (Lipinski definition) is 1. The predicted molar refractivity (Wildman–Crippen MR) is 122 cm³/mol. The van der Waals surface area contributed by atoms with Gasteiger partial charge in [-0.1, -0.05) is 11.6 Å². The average Bonchev–Trinajstić information content (AvgIpc) is 3.17. The van der Waals surface area contributed by atoms with Crippen molar-refractivity contribution < 1.29 is 14.3 Å². The number of ether oxygens (including phenoxy) is 1. The summed E-state index contributed by atoms with van der Waals surface area (Å²) in [6.07, 6.45) is 3.69. The van der Waals surface area contributed by atoms with Gasteiger partial charge in [-0.15, -0.1) is 0 Å². The number of rotatable bonds is 6. The quantitative estimate of drug-likeness (QED) is 0.628. The van der Waals surface area contributed by atoms with Gasteiger partial charge in [-0.25, -0.2) is 0 Å². The first-order valence-corrected chi connectivity index (χ1v) is 10.9. The molecule has 2 heterocycles. The van der Waals surface area contributed by atoms with Gasteiger partial charge in [0.1, 0.15) is 11.9 Å². The highest BCUT2D eigenvalue weighted by Crippen LogP contribution is 2.23. The molecular formula is C24H26ClN3O3.